The zero-order valence-electron chi connectivity index (χ0n) is 11.2. The Hall–Kier alpha value is -0.0400. The molecule has 86 valence electrons. The lowest BCUT2D eigenvalue weighted by Crippen LogP contribution is -2.34. The molecule has 0 saturated heterocycles. The summed E-state index contributed by atoms with van der Waals surface area (Å²) in [5.41, 5.74) is 0.809. The maximum atomic E-state index is 3.51. The predicted octanol–water partition coefficient (Wildman–Crippen LogP) is 3.69. The number of rotatable bonds is 5. The summed E-state index contributed by atoms with van der Waals surface area (Å²) in [4.78, 5) is 0. The Balaban J connectivity index is 3.78. The molecule has 14 heavy (non-hydrogen) atoms. The highest BCUT2D eigenvalue weighted by Gasteiger charge is 2.31. The lowest BCUT2D eigenvalue weighted by molar-refractivity contribution is 0.119. The molecular formula is C13H29N. The highest BCUT2D eigenvalue weighted by Crippen LogP contribution is 2.40. The largest absolute Gasteiger partial charge is 0.316 e. The van der Waals surface area contributed by atoms with Gasteiger partial charge in [-0.3, -0.25) is 0 Å². The van der Waals surface area contributed by atoms with E-state index in [9.17, 15) is 0 Å². The Kier molecular flexibility index (Phi) is 5.14. The summed E-state index contributed by atoms with van der Waals surface area (Å²) in [6.45, 7) is 18.5. The van der Waals surface area contributed by atoms with E-state index in [4.69, 9.17) is 0 Å². The molecule has 0 amide bonds. The summed E-state index contributed by atoms with van der Waals surface area (Å²) in [6, 6.07) is 0. The van der Waals surface area contributed by atoms with E-state index in [1.807, 2.05) is 0 Å². The molecule has 0 spiro atoms. The van der Waals surface area contributed by atoms with Crippen LogP contribution in [0.1, 0.15) is 54.9 Å². The molecule has 0 atom stereocenters. The van der Waals surface area contributed by atoms with Gasteiger partial charge in [0.05, 0.1) is 0 Å². The van der Waals surface area contributed by atoms with Gasteiger partial charge in [0.15, 0.2) is 0 Å². The third-order valence-electron chi connectivity index (χ3n) is 3.51. The molecule has 0 bridgehead atoms. The average molecular weight is 199 g/mol. The molecule has 0 aromatic carbocycles. The molecule has 1 N–H and O–H groups in total. The first kappa shape index (κ1) is 14.0. The van der Waals surface area contributed by atoms with E-state index in [2.05, 4.69) is 53.8 Å². The highest BCUT2D eigenvalue weighted by atomic mass is 14.9. The lowest BCUT2D eigenvalue weighted by atomic mass is 9.67. The predicted molar refractivity (Wildman–Crippen MR) is 65.6 cm³/mol. The van der Waals surface area contributed by atoms with Gasteiger partial charge in [-0.15, -0.1) is 0 Å². The summed E-state index contributed by atoms with van der Waals surface area (Å²) in [5.74, 6) is 0.757. The molecule has 0 rings (SSSR count). The van der Waals surface area contributed by atoms with Gasteiger partial charge in [-0.05, 0) is 36.3 Å². The topological polar surface area (TPSA) is 12.0 Å². The maximum absolute atomic E-state index is 3.51. The minimum Gasteiger partial charge on any atom is -0.316 e. The second kappa shape index (κ2) is 5.16. The Morgan fingerprint density at radius 2 is 1.50 bits per heavy atom. The van der Waals surface area contributed by atoms with E-state index in [1.165, 1.54) is 6.42 Å². The summed E-state index contributed by atoms with van der Waals surface area (Å²) in [7, 11) is 0. The van der Waals surface area contributed by atoms with Crippen LogP contribution in [0.5, 0.6) is 0 Å². The van der Waals surface area contributed by atoms with Gasteiger partial charge in [0.25, 0.3) is 0 Å². The van der Waals surface area contributed by atoms with Gasteiger partial charge in [0.2, 0.25) is 0 Å². The van der Waals surface area contributed by atoms with E-state index >= 15 is 0 Å². The molecular weight excluding hydrogens is 170 g/mol. The van der Waals surface area contributed by atoms with Crippen LogP contribution in [0.15, 0.2) is 0 Å². The van der Waals surface area contributed by atoms with E-state index in [-0.39, 0.29) is 0 Å². The molecule has 0 aliphatic heterocycles. The average Bonchev–Trinajstić information content (AvgIpc) is 1.95. The number of hydrogen-bond acceptors (Lipinski definition) is 1. The first-order chi connectivity index (χ1) is 6.17. The van der Waals surface area contributed by atoms with Crippen molar-refractivity contribution in [2.24, 2.45) is 16.7 Å². The van der Waals surface area contributed by atoms with Crippen molar-refractivity contribution in [2.45, 2.75) is 54.9 Å². The van der Waals surface area contributed by atoms with Crippen molar-refractivity contribution in [2.75, 3.05) is 13.1 Å². The molecule has 1 nitrogen and oxygen atoms in total. The van der Waals surface area contributed by atoms with Gasteiger partial charge in [-0.1, -0.05) is 48.5 Å². The first-order valence-electron chi connectivity index (χ1n) is 5.87. The van der Waals surface area contributed by atoms with Crippen molar-refractivity contribution in [3.05, 3.63) is 0 Å². The zero-order valence-corrected chi connectivity index (χ0v) is 11.2. The molecule has 0 aromatic rings. The third kappa shape index (κ3) is 4.99. The summed E-state index contributed by atoms with van der Waals surface area (Å²) in [5, 5.41) is 3.51. The van der Waals surface area contributed by atoms with Crippen molar-refractivity contribution in [3.63, 3.8) is 0 Å². The fourth-order valence-corrected chi connectivity index (χ4v) is 1.17. The van der Waals surface area contributed by atoms with E-state index in [0.717, 1.165) is 19.0 Å². The Morgan fingerprint density at radius 1 is 1.00 bits per heavy atom. The van der Waals surface area contributed by atoms with Gasteiger partial charge in [0.1, 0.15) is 0 Å². The van der Waals surface area contributed by atoms with Crippen LogP contribution in [0.3, 0.4) is 0 Å². The van der Waals surface area contributed by atoms with Crippen LogP contribution in [0, 0.1) is 16.7 Å². The molecule has 1 heteroatoms. The summed E-state index contributed by atoms with van der Waals surface area (Å²) >= 11 is 0. The van der Waals surface area contributed by atoms with E-state index in [0.29, 0.717) is 10.8 Å². The molecule has 0 aliphatic carbocycles. The van der Waals surface area contributed by atoms with Crippen LogP contribution < -0.4 is 5.32 Å². The second-order valence-electron chi connectivity index (χ2n) is 6.48. The zero-order chi connectivity index (χ0) is 11.4. The molecule has 0 unspecified atom stereocenters. The van der Waals surface area contributed by atoms with Crippen molar-refractivity contribution < 1.29 is 0 Å². The standard InChI is InChI=1S/C13H29N/c1-11(2)10-14-9-8-13(6,7)12(3,4)5/h11,14H,8-10H2,1-7H3. The smallest absolute Gasteiger partial charge is 0.00258 e. The van der Waals surface area contributed by atoms with Crippen molar-refractivity contribution in [1.29, 1.82) is 0 Å². The van der Waals surface area contributed by atoms with Crippen LogP contribution in [0.25, 0.3) is 0 Å². The number of nitrogens with one attached hydrogen (secondary N) is 1. The minimum absolute atomic E-state index is 0.395. The molecule has 0 aliphatic rings. The monoisotopic (exact) mass is 199 g/mol. The van der Waals surface area contributed by atoms with Gasteiger partial charge in [-0.25, -0.2) is 0 Å². The van der Waals surface area contributed by atoms with Gasteiger partial charge >= 0.3 is 0 Å². The summed E-state index contributed by atoms with van der Waals surface area (Å²) < 4.78 is 0. The Bertz CT molecular complexity index is 151. The van der Waals surface area contributed by atoms with E-state index < -0.39 is 0 Å². The third-order valence-corrected chi connectivity index (χ3v) is 3.51. The molecule has 0 fully saturated rings. The van der Waals surface area contributed by atoms with Gasteiger partial charge < -0.3 is 5.32 Å². The van der Waals surface area contributed by atoms with E-state index in [1.54, 1.807) is 0 Å². The fraction of sp³-hybridized carbons (Fsp3) is 1.00. The first-order valence-corrected chi connectivity index (χ1v) is 5.87. The van der Waals surface area contributed by atoms with Crippen LogP contribution in [0.2, 0.25) is 0 Å². The summed E-state index contributed by atoms with van der Waals surface area (Å²) in [6.07, 6.45) is 1.25. The van der Waals surface area contributed by atoms with Crippen LogP contribution >= 0.6 is 0 Å². The molecule has 0 radical (unpaired) electrons. The molecule has 0 heterocycles. The van der Waals surface area contributed by atoms with Gasteiger partial charge in [-0.2, -0.15) is 0 Å². The highest BCUT2D eigenvalue weighted by molar-refractivity contribution is 4.82. The quantitative estimate of drug-likeness (QED) is 0.666. The SMILES string of the molecule is CC(C)CNCCC(C)(C)C(C)(C)C. The maximum Gasteiger partial charge on any atom is -0.00258 e. The molecule has 0 aromatic heterocycles. The fourth-order valence-electron chi connectivity index (χ4n) is 1.17. The lowest BCUT2D eigenvalue weighted by Gasteiger charge is -2.39. The van der Waals surface area contributed by atoms with Gasteiger partial charge in [0, 0.05) is 0 Å². The normalized spacial score (nSPS) is 13.7. The van der Waals surface area contributed by atoms with Crippen LogP contribution in [0.4, 0.5) is 0 Å². The van der Waals surface area contributed by atoms with Crippen LogP contribution in [-0.2, 0) is 0 Å². The van der Waals surface area contributed by atoms with Crippen molar-refractivity contribution >= 4 is 0 Å². The minimum atomic E-state index is 0.395. The van der Waals surface area contributed by atoms with Crippen molar-refractivity contribution in [1.82, 2.24) is 5.32 Å². The van der Waals surface area contributed by atoms with Crippen molar-refractivity contribution in [3.8, 4) is 0 Å². The Morgan fingerprint density at radius 3 is 1.86 bits per heavy atom. The molecule has 0 saturated carbocycles. The Labute approximate surface area is 90.7 Å². The second-order valence-corrected chi connectivity index (χ2v) is 6.48. The van der Waals surface area contributed by atoms with Crippen LogP contribution in [-0.4, -0.2) is 13.1 Å². The number of hydrogen-bond donors (Lipinski definition) is 1.